The highest BCUT2D eigenvalue weighted by molar-refractivity contribution is 5.75. The zero-order valence-electron chi connectivity index (χ0n) is 11.5. The number of benzene rings is 2. The fraction of sp³-hybridized carbons (Fsp3) is 0.0625. The zero-order chi connectivity index (χ0) is 15.0. The Morgan fingerprint density at radius 3 is 2.43 bits per heavy atom. The van der Waals surface area contributed by atoms with Gasteiger partial charge >= 0.3 is 0 Å². The maximum atomic E-state index is 13.7. The molecule has 0 saturated carbocycles. The molecular weight excluding hydrogens is 267 g/mol. The van der Waals surface area contributed by atoms with Crippen LogP contribution in [0.15, 0.2) is 48.5 Å². The van der Waals surface area contributed by atoms with Crippen molar-refractivity contribution in [1.82, 2.24) is 9.66 Å². The van der Waals surface area contributed by atoms with Gasteiger partial charge in [0, 0.05) is 11.1 Å². The number of aromatic nitrogens is 2. The second-order valence-corrected chi connectivity index (χ2v) is 4.87. The van der Waals surface area contributed by atoms with E-state index >= 15 is 0 Å². The predicted octanol–water partition coefficient (Wildman–Crippen LogP) is 2.96. The number of anilines is 1. The van der Waals surface area contributed by atoms with Crippen molar-refractivity contribution in [3.8, 4) is 22.6 Å². The highest BCUT2D eigenvalue weighted by Crippen LogP contribution is 2.30. The van der Waals surface area contributed by atoms with Gasteiger partial charge in [-0.3, -0.25) is 0 Å². The van der Waals surface area contributed by atoms with Crippen LogP contribution in [0.25, 0.3) is 22.6 Å². The molecule has 0 unspecified atom stereocenters. The molecule has 0 fully saturated rings. The maximum Gasteiger partial charge on any atom is 0.160 e. The Morgan fingerprint density at radius 1 is 1.05 bits per heavy atom. The van der Waals surface area contributed by atoms with E-state index in [4.69, 9.17) is 11.6 Å². The van der Waals surface area contributed by atoms with E-state index in [1.54, 1.807) is 19.1 Å². The van der Waals surface area contributed by atoms with Crippen molar-refractivity contribution in [3.63, 3.8) is 0 Å². The van der Waals surface area contributed by atoms with E-state index in [1.807, 2.05) is 30.3 Å². The molecule has 4 nitrogen and oxygen atoms in total. The van der Waals surface area contributed by atoms with E-state index < -0.39 is 0 Å². The van der Waals surface area contributed by atoms with Crippen molar-refractivity contribution in [2.75, 3.05) is 11.6 Å². The van der Waals surface area contributed by atoms with E-state index in [-0.39, 0.29) is 5.82 Å². The van der Waals surface area contributed by atoms with Crippen molar-refractivity contribution < 1.29 is 4.39 Å². The summed E-state index contributed by atoms with van der Waals surface area (Å²) < 4.78 is 15.0. The van der Waals surface area contributed by atoms with E-state index in [0.29, 0.717) is 28.5 Å². The molecule has 5 heteroatoms. The van der Waals surface area contributed by atoms with Crippen molar-refractivity contribution in [2.45, 2.75) is 6.92 Å². The van der Waals surface area contributed by atoms with Gasteiger partial charge in [-0.1, -0.05) is 42.5 Å². The molecule has 21 heavy (non-hydrogen) atoms. The molecule has 0 radical (unpaired) electrons. The first kappa shape index (κ1) is 13.2. The van der Waals surface area contributed by atoms with Crippen LogP contribution in [0, 0.1) is 12.7 Å². The Morgan fingerprint density at radius 2 is 1.76 bits per heavy atom. The van der Waals surface area contributed by atoms with Crippen LogP contribution in [0.2, 0.25) is 0 Å². The van der Waals surface area contributed by atoms with Crippen LogP contribution in [0.3, 0.4) is 0 Å². The Balaban J connectivity index is 2.15. The summed E-state index contributed by atoms with van der Waals surface area (Å²) in [6.07, 6.45) is 0. The molecule has 4 N–H and O–H groups in total. The molecule has 0 aliphatic carbocycles. The Hall–Kier alpha value is -2.82. The van der Waals surface area contributed by atoms with Gasteiger partial charge in [-0.05, 0) is 18.6 Å². The minimum atomic E-state index is -0.292. The van der Waals surface area contributed by atoms with Crippen molar-refractivity contribution in [1.29, 1.82) is 0 Å². The molecule has 0 aliphatic heterocycles. The molecule has 3 rings (SSSR count). The molecule has 1 aromatic heterocycles. The summed E-state index contributed by atoms with van der Waals surface area (Å²) in [5.74, 6) is 6.53. The van der Waals surface area contributed by atoms with Gasteiger partial charge in [0.1, 0.15) is 11.5 Å². The van der Waals surface area contributed by atoms with E-state index in [2.05, 4.69) is 4.98 Å². The fourth-order valence-electron chi connectivity index (χ4n) is 2.19. The number of halogens is 1. The molecule has 1 heterocycles. The normalized spacial score (nSPS) is 10.8. The summed E-state index contributed by atoms with van der Waals surface area (Å²) in [5, 5.41) is 0. The van der Waals surface area contributed by atoms with Gasteiger partial charge in [-0.25, -0.2) is 14.1 Å². The lowest BCUT2D eigenvalue weighted by Crippen LogP contribution is -2.13. The number of rotatable bonds is 2. The van der Waals surface area contributed by atoms with Gasteiger partial charge in [0.25, 0.3) is 0 Å². The van der Waals surface area contributed by atoms with Crippen LogP contribution in [-0.2, 0) is 0 Å². The first-order valence-electron chi connectivity index (χ1n) is 6.53. The molecule has 0 aliphatic rings. The number of nitrogen functional groups attached to an aromatic ring is 2. The summed E-state index contributed by atoms with van der Waals surface area (Å²) in [6, 6.07) is 14.4. The number of nitrogens with two attached hydrogens (primary N) is 2. The van der Waals surface area contributed by atoms with Gasteiger partial charge in [0.15, 0.2) is 11.6 Å². The molecule has 0 spiro atoms. The first-order chi connectivity index (χ1) is 10.1. The summed E-state index contributed by atoms with van der Waals surface area (Å²) in [4.78, 5) is 4.47. The second kappa shape index (κ2) is 4.94. The van der Waals surface area contributed by atoms with E-state index in [9.17, 15) is 4.39 Å². The van der Waals surface area contributed by atoms with Crippen LogP contribution < -0.4 is 11.6 Å². The topological polar surface area (TPSA) is 69.9 Å². The molecule has 106 valence electrons. The number of imidazole rings is 1. The predicted molar refractivity (Wildman–Crippen MR) is 82.4 cm³/mol. The zero-order valence-corrected chi connectivity index (χ0v) is 11.5. The van der Waals surface area contributed by atoms with E-state index in [1.165, 1.54) is 10.7 Å². The smallest absolute Gasteiger partial charge is 0.160 e. The fourth-order valence-corrected chi connectivity index (χ4v) is 2.19. The van der Waals surface area contributed by atoms with Gasteiger partial charge in [0.05, 0.1) is 0 Å². The third-order valence-corrected chi connectivity index (χ3v) is 3.43. The van der Waals surface area contributed by atoms with Crippen LogP contribution in [0.1, 0.15) is 5.56 Å². The molecular formula is C16H15FN4. The molecule has 2 aromatic carbocycles. The van der Waals surface area contributed by atoms with Crippen LogP contribution in [0.4, 0.5) is 10.2 Å². The third kappa shape index (κ3) is 2.23. The molecule has 0 amide bonds. The molecule has 0 atom stereocenters. The number of hydrogen-bond donors (Lipinski definition) is 2. The van der Waals surface area contributed by atoms with Gasteiger partial charge in [-0.2, -0.15) is 0 Å². The summed E-state index contributed by atoms with van der Waals surface area (Å²) >= 11 is 0. The molecule has 3 aromatic rings. The van der Waals surface area contributed by atoms with Crippen molar-refractivity contribution in [2.24, 2.45) is 0 Å². The summed E-state index contributed by atoms with van der Waals surface area (Å²) in [7, 11) is 0. The SMILES string of the molecule is Cc1ccc(-c2nc(-c3ccccc3)n(N)c2N)cc1F. The number of hydrogen-bond acceptors (Lipinski definition) is 3. The first-order valence-corrected chi connectivity index (χ1v) is 6.53. The van der Waals surface area contributed by atoms with Crippen molar-refractivity contribution in [3.05, 3.63) is 59.9 Å². The lowest BCUT2D eigenvalue weighted by molar-refractivity contribution is 0.619. The van der Waals surface area contributed by atoms with Crippen LogP contribution >= 0.6 is 0 Å². The maximum absolute atomic E-state index is 13.7. The minimum Gasteiger partial charge on any atom is -0.382 e. The van der Waals surface area contributed by atoms with E-state index in [0.717, 1.165) is 5.56 Å². The lowest BCUT2D eigenvalue weighted by atomic mass is 10.1. The Kier molecular flexibility index (Phi) is 3.10. The van der Waals surface area contributed by atoms with Crippen molar-refractivity contribution >= 4 is 5.82 Å². The molecule has 0 bridgehead atoms. The Bertz CT molecular complexity index is 794. The Labute approximate surface area is 121 Å². The highest BCUT2D eigenvalue weighted by atomic mass is 19.1. The van der Waals surface area contributed by atoms with Crippen LogP contribution in [-0.4, -0.2) is 9.66 Å². The highest BCUT2D eigenvalue weighted by Gasteiger charge is 2.16. The van der Waals surface area contributed by atoms with Gasteiger partial charge < -0.3 is 11.6 Å². The average Bonchev–Trinajstić information content (AvgIpc) is 2.79. The second-order valence-electron chi connectivity index (χ2n) is 4.87. The summed E-state index contributed by atoms with van der Waals surface area (Å²) in [6.45, 7) is 1.71. The average molecular weight is 282 g/mol. The largest absolute Gasteiger partial charge is 0.382 e. The van der Waals surface area contributed by atoms with Gasteiger partial charge in [0.2, 0.25) is 0 Å². The minimum absolute atomic E-state index is 0.292. The third-order valence-electron chi connectivity index (χ3n) is 3.43. The summed E-state index contributed by atoms with van der Waals surface area (Å²) in [5.41, 5.74) is 8.53. The molecule has 0 saturated heterocycles. The van der Waals surface area contributed by atoms with Crippen LogP contribution in [0.5, 0.6) is 0 Å². The lowest BCUT2D eigenvalue weighted by Gasteiger charge is -2.02. The number of aryl methyl sites for hydroxylation is 1. The quantitative estimate of drug-likeness (QED) is 0.710. The van der Waals surface area contributed by atoms with Gasteiger partial charge in [-0.15, -0.1) is 0 Å². The monoisotopic (exact) mass is 282 g/mol. The number of nitrogens with zero attached hydrogens (tertiary/aromatic N) is 2. The standard InChI is InChI=1S/C16H15FN4/c1-10-7-8-12(9-13(10)17)14-15(18)21(19)16(20-14)11-5-3-2-4-6-11/h2-9H,18-19H2,1H3.